The fourth-order valence-electron chi connectivity index (χ4n) is 1.42. The zero-order chi connectivity index (χ0) is 11.0. The van der Waals surface area contributed by atoms with Crippen LogP contribution in [0.1, 0.15) is 10.4 Å². The molecule has 2 aromatic carbocycles. The van der Waals surface area contributed by atoms with Crippen molar-refractivity contribution in [1.82, 2.24) is 0 Å². The maximum Gasteiger partial charge on any atom is 0.151 e. The van der Waals surface area contributed by atoms with E-state index in [2.05, 4.69) is 47.8 Å². The molecule has 0 aromatic heterocycles. The van der Waals surface area contributed by atoms with Crippen molar-refractivity contribution in [3.63, 3.8) is 0 Å². The van der Waals surface area contributed by atoms with Crippen LogP contribution in [0, 0.1) is 0 Å². The quantitative estimate of drug-likeness (QED) is 0.628. The molecule has 0 bridgehead atoms. The van der Waals surface area contributed by atoms with Crippen molar-refractivity contribution in [3.8, 4) is 0 Å². The molecule has 0 atom stereocenters. The molecule has 4 heteroatoms. The maximum atomic E-state index is 10.9. The summed E-state index contributed by atoms with van der Waals surface area (Å²) in [6.07, 6.45) is 0.841. The van der Waals surface area contributed by atoms with Gasteiger partial charge in [0.1, 0.15) is 0 Å². The van der Waals surface area contributed by atoms with Gasteiger partial charge in [-0.15, -0.1) is 0 Å². The average molecular weight is 393 g/mol. The Morgan fingerprint density at radius 2 is 1.73 bits per heavy atom. The van der Waals surface area contributed by atoms with E-state index in [4.69, 9.17) is 0 Å². The van der Waals surface area contributed by atoms with Crippen LogP contribution in [-0.2, 0) is 0 Å². The third-order valence-electron chi connectivity index (χ3n) is 2.16. The van der Waals surface area contributed by atoms with Gasteiger partial charge in [0.25, 0.3) is 0 Å². The van der Waals surface area contributed by atoms with Gasteiger partial charge in [0, 0.05) is 19.0 Å². The van der Waals surface area contributed by atoms with Crippen LogP contribution in [0.5, 0.6) is 0 Å². The number of hydrogen-bond donors (Lipinski definition) is 0. The van der Waals surface area contributed by atoms with Crippen molar-refractivity contribution in [2.24, 2.45) is 0 Å². The van der Waals surface area contributed by atoms with Gasteiger partial charge in [-0.3, -0.25) is 4.79 Å². The summed E-state index contributed by atoms with van der Waals surface area (Å²) in [5.41, 5.74) is 0.640. The maximum absolute atomic E-state index is 10.9. The first-order valence-corrected chi connectivity index (χ1v) is 6.54. The Hall–Kier alpha value is -0.190. The Kier molecular flexibility index (Phi) is 3.28. The van der Waals surface area contributed by atoms with E-state index in [1.165, 1.54) is 0 Å². The predicted molar refractivity (Wildman–Crippen MR) is 72.4 cm³/mol. The Morgan fingerprint density at radius 1 is 1.00 bits per heavy atom. The summed E-state index contributed by atoms with van der Waals surface area (Å²) in [6, 6.07) is 7.78. The number of carbonyl (C=O) groups is 1. The molecular weight excluding hydrogens is 388 g/mol. The van der Waals surface area contributed by atoms with E-state index in [1.807, 2.05) is 24.3 Å². The van der Waals surface area contributed by atoms with Crippen LogP contribution in [0.15, 0.2) is 37.7 Å². The number of fused-ring (bicyclic) bond motifs is 1. The summed E-state index contributed by atoms with van der Waals surface area (Å²) < 4.78 is 2.68. The SMILES string of the molecule is O=Cc1cc2c(Br)cccc2c(Br)c1Br. The van der Waals surface area contributed by atoms with Crippen LogP contribution in [-0.4, -0.2) is 6.29 Å². The second-order valence-corrected chi connectivity index (χ2v) is 5.49. The number of carbonyl (C=O) groups excluding carboxylic acids is 1. The van der Waals surface area contributed by atoms with Crippen LogP contribution in [0.25, 0.3) is 10.8 Å². The molecule has 2 rings (SSSR count). The largest absolute Gasteiger partial charge is 0.298 e. The van der Waals surface area contributed by atoms with Gasteiger partial charge in [-0.1, -0.05) is 28.1 Å². The summed E-state index contributed by atoms with van der Waals surface area (Å²) in [5.74, 6) is 0. The van der Waals surface area contributed by atoms with Gasteiger partial charge >= 0.3 is 0 Å². The highest BCUT2D eigenvalue weighted by molar-refractivity contribution is 9.13. The van der Waals surface area contributed by atoms with Crippen LogP contribution in [0.2, 0.25) is 0 Å². The fraction of sp³-hybridized carbons (Fsp3) is 0. The zero-order valence-corrected chi connectivity index (χ0v) is 12.2. The minimum Gasteiger partial charge on any atom is -0.298 e. The number of halogens is 3. The molecule has 0 amide bonds. The molecule has 0 saturated carbocycles. The monoisotopic (exact) mass is 390 g/mol. The summed E-state index contributed by atoms with van der Waals surface area (Å²) in [7, 11) is 0. The Morgan fingerprint density at radius 3 is 2.40 bits per heavy atom. The van der Waals surface area contributed by atoms with Gasteiger partial charge in [0.05, 0.1) is 0 Å². The van der Waals surface area contributed by atoms with Gasteiger partial charge in [0.2, 0.25) is 0 Å². The van der Waals surface area contributed by atoms with E-state index in [1.54, 1.807) is 0 Å². The van der Waals surface area contributed by atoms with E-state index in [0.29, 0.717) is 5.56 Å². The molecule has 0 spiro atoms. The van der Waals surface area contributed by atoms with Gasteiger partial charge in [-0.25, -0.2) is 0 Å². The van der Waals surface area contributed by atoms with Crippen molar-refractivity contribution < 1.29 is 4.79 Å². The average Bonchev–Trinajstić information content (AvgIpc) is 2.24. The topological polar surface area (TPSA) is 17.1 Å². The van der Waals surface area contributed by atoms with E-state index >= 15 is 0 Å². The Balaban J connectivity index is 2.97. The van der Waals surface area contributed by atoms with Crippen molar-refractivity contribution in [1.29, 1.82) is 0 Å². The molecule has 0 N–H and O–H groups in total. The van der Waals surface area contributed by atoms with Crippen molar-refractivity contribution in [2.45, 2.75) is 0 Å². The third-order valence-corrected chi connectivity index (χ3v) is 5.06. The molecule has 15 heavy (non-hydrogen) atoms. The molecule has 0 saturated heterocycles. The first-order chi connectivity index (χ1) is 7.15. The summed E-state index contributed by atoms with van der Waals surface area (Å²) in [6.45, 7) is 0. The van der Waals surface area contributed by atoms with Crippen molar-refractivity contribution in [3.05, 3.63) is 43.2 Å². The minimum atomic E-state index is 0.640. The first kappa shape index (κ1) is 11.3. The Labute approximate surface area is 112 Å². The van der Waals surface area contributed by atoms with Gasteiger partial charge in [-0.05, 0) is 54.8 Å². The highest BCUT2D eigenvalue weighted by Gasteiger charge is 2.10. The second-order valence-electron chi connectivity index (χ2n) is 3.05. The molecule has 0 aliphatic heterocycles. The van der Waals surface area contributed by atoms with E-state index < -0.39 is 0 Å². The lowest BCUT2D eigenvalue weighted by atomic mass is 10.1. The van der Waals surface area contributed by atoms with Gasteiger partial charge in [0.15, 0.2) is 6.29 Å². The van der Waals surface area contributed by atoms with E-state index in [9.17, 15) is 4.79 Å². The lowest BCUT2D eigenvalue weighted by molar-refractivity contribution is 0.112. The molecule has 0 aliphatic rings. The molecule has 0 heterocycles. The lowest BCUT2D eigenvalue weighted by Crippen LogP contribution is -1.86. The third kappa shape index (κ3) is 1.90. The van der Waals surface area contributed by atoms with Crippen LogP contribution >= 0.6 is 47.8 Å². The van der Waals surface area contributed by atoms with Crippen LogP contribution < -0.4 is 0 Å². The fourth-order valence-corrected chi connectivity index (χ4v) is 2.90. The highest BCUT2D eigenvalue weighted by atomic mass is 79.9. The Bertz CT molecular complexity index is 549. The number of rotatable bonds is 1. The smallest absolute Gasteiger partial charge is 0.151 e. The summed E-state index contributed by atoms with van der Waals surface area (Å²) in [4.78, 5) is 10.9. The standard InChI is InChI=1S/C11H5Br3O/c12-9-3-1-2-7-8(9)4-6(5-15)10(13)11(7)14/h1-5H. The number of aldehydes is 1. The molecule has 0 unspecified atom stereocenters. The normalized spacial score (nSPS) is 10.6. The molecule has 2 aromatic rings. The molecule has 76 valence electrons. The highest BCUT2D eigenvalue weighted by Crippen LogP contribution is 2.36. The van der Waals surface area contributed by atoms with Crippen molar-refractivity contribution >= 4 is 64.8 Å². The van der Waals surface area contributed by atoms with Crippen LogP contribution in [0.3, 0.4) is 0 Å². The van der Waals surface area contributed by atoms with Crippen molar-refractivity contribution in [2.75, 3.05) is 0 Å². The number of benzene rings is 2. The first-order valence-electron chi connectivity index (χ1n) is 4.16. The van der Waals surface area contributed by atoms with Crippen LogP contribution in [0.4, 0.5) is 0 Å². The molecule has 0 radical (unpaired) electrons. The summed E-state index contributed by atoms with van der Waals surface area (Å²) in [5, 5.41) is 2.09. The molecule has 0 fully saturated rings. The second kappa shape index (κ2) is 4.36. The molecular formula is C11H5Br3O. The lowest BCUT2D eigenvalue weighted by Gasteiger charge is -2.07. The predicted octanol–water partition coefficient (Wildman–Crippen LogP) is 4.94. The number of hydrogen-bond acceptors (Lipinski definition) is 1. The van der Waals surface area contributed by atoms with E-state index in [0.717, 1.165) is 30.5 Å². The zero-order valence-electron chi connectivity index (χ0n) is 7.43. The van der Waals surface area contributed by atoms with Gasteiger partial charge in [-0.2, -0.15) is 0 Å². The van der Waals surface area contributed by atoms with E-state index in [-0.39, 0.29) is 0 Å². The molecule has 1 nitrogen and oxygen atoms in total. The minimum absolute atomic E-state index is 0.640. The molecule has 0 aliphatic carbocycles. The van der Waals surface area contributed by atoms with Gasteiger partial charge < -0.3 is 0 Å². The summed E-state index contributed by atoms with van der Waals surface area (Å²) >= 11 is 10.3.